The Kier molecular flexibility index (Phi) is 4.29. The molecule has 0 saturated carbocycles. The molecule has 0 aliphatic heterocycles. The van der Waals surface area contributed by atoms with Crippen LogP contribution < -0.4 is 4.74 Å². The highest BCUT2D eigenvalue weighted by molar-refractivity contribution is 7.89. The summed E-state index contributed by atoms with van der Waals surface area (Å²) in [6.45, 7) is 1.92. The summed E-state index contributed by atoms with van der Waals surface area (Å²) in [5, 5.41) is 0. The molecule has 0 amide bonds. The molecule has 0 saturated heterocycles. The summed E-state index contributed by atoms with van der Waals surface area (Å²) in [5.74, 6) is 1.24. The predicted molar refractivity (Wildman–Crippen MR) is 92.5 cm³/mol. The van der Waals surface area contributed by atoms with Crippen molar-refractivity contribution in [3.8, 4) is 5.75 Å². The van der Waals surface area contributed by atoms with Crippen LogP contribution in [-0.2, 0) is 16.6 Å². The van der Waals surface area contributed by atoms with Gasteiger partial charge in [0.15, 0.2) is 0 Å². The number of sulfonamides is 1. The summed E-state index contributed by atoms with van der Waals surface area (Å²) in [4.78, 5) is 7.84. The van der Waals surface area contributed by atoms with E-state index in [1.165, 1.54) is 4.31 Å². The van der Waals surface area contributed by atoms with Gasteiger partial charge < -0.3 is 9.72 Å². The van der Waals surface area contributed by atoms with Gasteiger partial charge in [0.1, 0.15) is 11.6 Å². The molecular formula is C17H19N3O3S. The monoisotopic (exact) mass is 345 g/mol. The SMILES string of the molecule is COc1ccc(S(=O)(=O)N(C)Cc2nc3ccccc3[nH]2)c(C)c1. The number of imidazole rings is 1. The number of aryl methyl sites for hydroxylation is 1. The third-order valence-electron chi connectivity index (χ3n) is 3.88. The highest BCUT2D eigenvalue weighted by Gasteiger charge is 2.24. The Balaban J connectivity index is 1.89. The number of ether oxygens (including phenoxy) is 1. The molecule has 3 rings (SSSR count). The van der Waals surface area contributed by atoms with Crippen LogP contribution in [0.3, 0.4) is 0 Å². The van der Waals surface area contributed by atoms with E-state index in [0.29, 0.717) is 17.1 Å². The molecule has 0 bridgehead atoms. The van der Waals surface area contributed by atoms with Crippen LogP contribution >= 0.6 is 0 Å². The first-order valence-corrected chi connectivity index (χ1v) is 8.90. The minimum absolute atomic E-state index is 0.169. The lowest BCUT2D eigenvalue weighted by molar-refractivity contribution is 0.413. The number of nitrogens with zero attached hydrogens (tertiary/aromatic N) is 2. The Morgan fingerprint density at radius 3 is 2.62 bits per heavy atom. The van der Waals surface area contributed by atoms with Crippen molar-refractivity contribution < 1.29 is 13.2 Å². The summed E-state index contributed by atoms with van der Waals surface area (Å²) >= 11 is 0. The molecule has 0 atom stereocenters. The summed E-state index contributed by atoms with van der Waals surface area (Å²) < 4.78 is 32.1. The standard InChI is InChI=1S/C17H19N3O3S/c1-12-10-13(23-3)8-9-16(12)24(21,22)20(2)11-17-18-14-6-4-5-7-15(14)19-17/h4-10H,11H2,1-3H3,(H,18,19). The van der Waals surface area contributed by atoms with E-state index in [-0.39, 0.29) is 11.4 Å². The molecule has 1 aromatic heterocycles. The highest BCUT2D eigenvalue weighted by Crippen LogP contribution is 2.24. The lowest BCUT2D eigenvalue weighted by Gasteiger charge is -2.17. The van der Waals surface area contributed by atoms with E-state index >= 15 is 0 Å². The number of methoxy groups -OCH3 is 1. The number of hydrogen-bond acceptors (Lipinski definition) is 4. The number of rotatable bonds is 5. The molecule has 7 heteroatoms. The molecule has 3 aromatic rings. The lowest BCUT2D eigenvalue weighted by Crippen LogP contribution is -2.27. The second-order valence-electron chi connectivity index (χ2n) is 5.59. The van der Waals surface area contributed by atoms with Gasteiger partial charge in [0.05, 0.1) is 29.6 Å². The molecule has 6 nitrogen and oxygen atoms in total. The van der Waals surface area contributed by atoms with Crippen molar-refractivity contribution in [1.29, 1.82) is 0 Å². The van der Waals surface area contributed by atoms with E-state index < -0.39 is 10.0 Å². The minimum atomic E-state index is -3.61. The van der Waals surface area contributed by atoms with Gasteiger partial charge in [-0.1, -0.05) is 12.1 Å². The topological polar surface area (TPSA) is 75.3 Å². The third-order valence-corrected chi connectivity index (χ3v) is 5.84. The van der Waals surface area contributed by atoms with Gasteiger partial charge in [-0.15, -0.1) is 0 Å². The Morgan fingerprint density at radius 1 is 1.21 bits per heavy atom. The molecule has 24 heavy (non-hydrogen) atoms. The number of aromatic nitrogens is 2. The summed E-state index contributed by atoms with van der Waals surface area (Å²) in [7, 11) is -0.512. The Hall–Kier alpha value is -2.38. The average molecular weight is 345 g/mol. The first kappa shape index (κ1) is 16.5. The number of hydrogen-bond donors (Lipinski definition) is 1. The normalized spacial score (nSPS) is 12.0. The van der Waals surface area contributed by atoms with Crippen molar-refractivity contribution in [3.05, 3.63) is 53.9 Å². The lowest BCUT2D eigenvalue weighted by atomic mass is 10.2. The maximum absolute atomic E-state index is 12.8. The van der Waals surface area contributed by atoms with Crippen molar-refractivity contribution in [1.82, 2.24) is 14.3 Å². The molecule has 1 heterocycles. The van der Waals surface area contributed by atoms with E-state index in [0.717, 1.165) is 11.0 Å². The van der Waals surface area contributed by atoms with Gasteiger partial charge in [0.25, 0.3) is 0 Å². The first-order chi connectivity index (χ1) is 11.4. The van der Waals surface area contributed by atoms with Gasteiger partial charge in [-0.2, -0.15) is 4.31 Å². The number of benzene rings is 2. The van der Waals surface area contributed by atoms with Gasteiger partial charge in [-0.25, -0.2) is 13.4 Å². The van der Waals surface area contributed by atoms with Crippen molar-refractivity contribution in [2.75, 3.05) is 14.2 Å². The van der Waals surface area contributed by atoms with Crippen LogP contribution in [0.5, 0.6) is 5.75 Å². The van der Waals surface area contributed by atoms with Gasteiger partial charge in [0, 0.05) is 7.05 Å². The minimum Gasteiger partial charge on any atom is -0.497 e. The van der Waals surface area contributed by atoms with Gasteiger partial charge in [-0.3, -0.25) is 0 Å². The number of para-hydroxylation sites is 2. The maximum atomic E-state index is 12.8. The smallest absolute Gasteiger partial charge is 0.243 e. The molecule has 126 valence electrons. The molecule has 2 aromatic carbocycles. The number of aromatic amines is 1. The molecular weight excluding hydrogens is 326 g/mol. The van der Waals surface area contributed by atoms with Crippen LogP contribution in [0.1, 0.15) is 11.4 Å². The zero-order valence-electron chi connectivity index (χ0n) is 13.8. The van der Waals surface area contributed by atoms with Crippen LogP contribution in [0.4, 0.5) is 0 Å². The van der Waals surface area contributed by atoms with Crippen LogP contribution in [0.25, 0.3) is 11.0 Å². The fourth-order valence-corrected chi connectivity index (χ4v) is 3.92. The van der Waals surface area contributed by atoms with E-state index in [2.05, 4.69) is 9.97 Å². The zero-order valence-corrected chi connectivity index (χ0v) is 14.6. The Bertz CT molecular complexity index is 947. The molecule has 0 spiro atoms. The van der Waals surface area contributed by atoms with E-state index in [4.69, 9.17) is 4.74 Å². The second-order valence-corrected chi connectivity index (χ2v) is 7.61. The van der Waals surface area contributed by atoms with Crippen LogP contribution in [0, 0.1) is 6.92 Å². The van der Waals surface area contributed by atoms with Gasteiger partial charge >= 0.3 is 0 Å². The molecule has 0 fully saturated rings. The van der Waals surface area contributed by atoms with Crippen molar-refractivity contribution in [2.45, 2.75) is 18.4 Å². The third kappa shape index (κ3) is 3.00. The zero-order chi connectivity index (χ0) is 17.3. The van der Waals surface area contributed by atoms with Gasteiger partial charge in [-0.05, 0) is 42.8 Å². The number of H-pyrrole nitrogens is 1. The fourth-order valence-electron chi connectivity index (χ4n) is 2.58. The van der Waals surface area contributed by atoms with Crippen molar-refractivity contribution >= 4 is 21.1 Å². The van der Waals surface area contributed by atoms with Crippen LogP contribution in [0.15, 0.2) is 47.4 Å². The largest absolute Gasteiger partial charge is 0.497 e. The first-order valence-electron chi connectivity index (χ1n) is 7.46. The summed E-state index contributed by atoms with van der Waals surface area (Å²) in [6, 6.07) is 12.5. The van der Waals surface area contributed by atoms with Crippen LogP contribution in [-0.4, -0.2) is 36.8 Å². The summed E-state index contributed by atoms with van der Waals surface area (Å²) in [6.07, 6.45) is 0. The van der Waals surface area contributed by atoms with Crippen LogP contribution in [0.2, 0.25) is 0 Å². The highest BCUT2D eigenvalue weighted by atomic mass is 32.2. The molecule has 0 aliphatic rings. The van der Waals surface area contributed by atoms with E-state index in [1.54, 1.807) is 39.3 Å². The maximum Gasteiger partial charge on any atom is 0.243 e. The average Bonchev–Trinajstić information content (AvgIpc) is 2.96. The quantitative estimate of drug-likeness (QED) is 0.771. The Morgan fingerprint density at radius 2 is 1.96 bits per heavy atom. The fraction of sp³-hybridized carbons (Fsp3) is 0.235. The van der Waals surface area contributed by atoms with Gasteiger partial charge in [0.2, 0.25) is 10.0 Å². The number of fused-ring (bicyclic) bond motifs is 1. The van der Waals surface area contributed by atoms with E-state index in [9.17, 15) is 8.42 Å². The predicted octanol–water partition coefficient (Wildman–Crippen LogP) is 2.70. The molecule has 0 radical (unpaired) electrons. The molecule has 0 aliphatic carbocycles. The second kappa shape index (κ2) is 6.26. The van der Waals surface area contributed by atoms with Crippen molar-refractivity contribution in [2.24, 2.45) is 0 Å². The van der Waals surface area contributed by atoms with E-state index in [1.807, 2.05) is 24.3 Å². The molecule has 0 unspecified atom stereocenters. The molecule has 1 N–H and O–H groups in total. The number of nitrogens with one attached hydrogen (secondary N) is 1. The summed E-state index contributed by atoms with van der Waals surface area (Å²) in [5.41, 5.74) is 2.35. The Labute approximate surface area is 141 Å². The van der Waals surface area contributed by atoms with Crippen molar-refractivity contribution in [3.63, 3.8) is 0 Å².